The Kier molecular flexibility index (Phi) is 8.13. The Balaban J connectivity index is 1.50. The summed E-state index contributed by atoms with van der Waals surface area (Å²) >= 11 is 0. The van der Waals surface area contributed by atoms with Gasteiger partial charge in [0.1, 0.15) is 5.75 Å². The van der Waals surface area contributed by atoms with E-state index in [1.54, 1.807) is 7.11 Å². The third-order valence-electron chi connectivity index (χ3n) is 6.32. The first-order chi connectivity index (χ1) is 16.3. The number of aryl methyl sites for hydroxylation is 1. The summed E-state index contributed by atoms with van der Waals surface area (Å²) in [5.74, 6) is 0.890. The predicted octanol–water partition coefficient (Wildman–Crippen LogP) is 4.79. The zero-order valence-corrected chi connectivity index (χ0v) is 19.4. The van der Waals surface area contributed by atoms with Crippen LogP contribution in [0.15, 0.2) is 60.8 Å². The fourth-order valence-corrected chi connectivity index (χ4v) is 4.57. The molecule has 1 fully saturated rings. The van der Waals surface area contributed by atoms with Crippen LogP contribution >= 0.6 is 0 Å². The topological polar surface area (TPSA) is 66.1 Å². The van der Waals surface area contributed by atoms with Crippen LogP contribution in [-0.2, 0) is 13.1 Å². The average Bonchev–Trinajstić information content (AvgIpc) is 3.29. The molecule has 0 radical (unpaired) electrons. The Hall–Kier alpha value is -3.14. The van der Waals surface area contributed by atoms with Crippen LogP contribution in [0.3, 0.4) is 0 Å². The lowest BCUT2D eigenvalue weighted by atomic mass is 10.0. The van der Waals surface area contributed by atoms with Gasteiger partial charge >= 0.3 is 0 Å². The van der Waals surface area contributed by atoms with E-state index in [4.69, 9.17) is 15.1 Å². The zero-order chi connectivity index (χ0) is 22.9. The minimum Gasteiger partial charge on any atom is -0.497 e. The lowest BCUT2D eigenvalue weighted by Crippen LogP contribution is -2.39. The van der Waals surface area contributed by atoms with Crippen molar-refractivity contribution >= 4 is 0 Å². The van der Waals surface area contributed by atoms with Crippen molar-refractivity contribution in [1.29, 1.82) is 5.26 Å². The Bertz CT molecular complexity index is 1030. The number of ether oxygens (including phenoxy) is 1. The first-order valence-corrected chi connectivity index (χ1v) is 11.9. The SMILES string of the molecule is COc1ccc([C@@H](CNCc2cn(CCC#N)nc2-c2ccccc2)N2CCCCC2)cc1. The summed E-state index contributed by atoms with van der Waals surface area (Å²) in [7, 11) is 1.71. The maximum absolute atomic E-state index is 8.97. The molecule has 2 aromatic carbocycles. The van der Waals surface area contributed by atoms with Crippen molar-refractivity contribution in [3.05, 3.63) is 71.9 Å². The monoisotopic (exact) mass is 443 g/mol. The molecule has 1 saturated heterocycles. The molecule has 0 spiro atoms. The molecule has 1 aliphatic heterocycles. The quantitative estimate of drug-likeness (QED) is 0.488. The van der Waals surface area contributed by atoms with Crippen LogP contribution in [0, 0.1) is 11.3 Å². The van der Waals surface area contributed by atoms with E-state index in [2.05, 4.69) is 58.9 Å². The molecule has 6 heteroatoms. The molecule has 0 amide bonds. The van der Waals surface area contributed by atoms with Crippen LogP contribution in [0.4, 0.5) is 0 Å². The summed E-state index contributed by atoms with van der Waals surface area (Å²) in [6, 6.07) is 21.3. The van der Waals surface area contributed by atoms with Gasteiger partial charge in [0.25, 0.3) is 0 Å². The number of piperidine rings is 1. The second-order valence-electron chi connectivity index (χ2n) is 8.56. The normalized spacial score (nSPS) is 15.2. The van der Waals surface area contributed by atoms with E-state index >= 15 is 0 Å². The molecule has 0 aliphatic carbocycles. The highest BCUT2D eigenvalue weighted by atomic mass is 16.5. The number of rotatable bonds is 10. The van der Waals surface area contributed by atoms with E-state index in [-0.39, 0.29) is 0 Å². The van der Waals surface area contributed by atoms with Crippen molar-refractivity contribution in [1.82, 2.24) is 20.0 Å². The highest BCUT2D eigenvalue weighted by molar-refractivity contribution is 5.62. The maximum atomic E-state index is 8.97. The average molecular weight is 444 g/mol. The van der Waals surface area contributed by atoms with Gasteiger partial charge in [-0.25, -0.2) is 0 Å². The van der Waals surface area contributed by atoms with Crippen molar-refractivity contribution in [2.45, 2.75) is 44.8 Å². The molecular weight excluding hydrogens is 410 g/mol. The van der Waals surface area contributed by atoms with Crippen LogP contribution in [0.1, 0.15) is 42.9 Å². The molecule has 3 aromatic rings. The van der Waals surface area contributed by atoms with Crippen molar-refractivity contribution in [3.63, 3.8) is 0 Å². The molecule has 33 heavy (non-hydrogen) atoms. The summed E-state index contributed by atoms with van der Waals surface area (Å²) < 4.78 is 7.26. The van der Waals surface area contributed by atoms with Gasteiger partial charge in [0.2, 0.25) is 0 Å². The molecule has 1 aromatic heterocycles. The van der Waals surface area contributed by atoms with Crippen molar-refractivity contribution in [2.75, 3.05) is 26.7 Å². The van der Waals surface area contributed by atoms with Crippen molar-refractivity contribution in [2.24, 2.45) is 0 Å². The van der Waals surface area contributed by atoms with Gasteiger partial charge in [0.05, 0.1) is 31.8 Å². The smallest absolute Gasteiger partial charge is 0.118 e. The largest absolute Gasteiger partial charge is 0.497 e. The summed E-state index contributed by atoms with van der Waals surface area (Å²) in [4.78, 5) is 2.60. The van der Waals surface area contributed by atoms with E-state index in [0.29, 0.717) is 19.0 Å². The second-order valence-corrected chi connectivity index (χ2v) is 8.56. The number of hydrogen-bond donors (Lipinski definition) is 1. The van der Waals surface area contributed by atoms with Gasteiger partial charge in [-0.3, -0.25) is 9.58 Å². The molecule has 6 nitrogen and oxygen atoms in total. The second kappa shape index (κ2) is 11.6. The minimum atomic E-state index is 0.324. The molecule has 0 saturated carbocycles. The van der Waals surface area contributed by atoms with Gasteiger partial charge in [0, 0.05) is 36.5 Å². The number of likely N-dealkylation sites (tertiary alicyclic amines) is 1. The highest BCUT2D eigenvalue weighted by Gasteiger charge is 2.22. The first-order valence-electron chi connectivity index (χ1n) is 11.9. The standard InChI is InChI=1S/C27H33N5O/c1-33-25-13-11-22(12-14-25)26(31-16-6-3-7-17-31)20-29-19-24-21-32(18-8-15-28)30-27(24)23-9-4-2-5-10-23/h2,4-5,9-14,21,26,29H,3,6-8,16-20H2,1H3/t26-/m1/s1. The number of nitrogens with one attached hydrogen (secondary N) is 1. The van der Waals surface area contributed by atoms with Crippen LogP contribution in [0.25, 0.3) is 11.3 Å². The molecule has 0 unspecified atom stereocenters. The Labute approximate surface area is 196 Å². The number of aromatic nitrogens is 2. The Morgan fingerprint density at radius 1 is 1.06 bits per heavy atom. The molecular formula is C27H33N5O. The van der Waals surface area contributed by atoms with Gasteiger partial charge in [-0.05, 0) is 43.6 Å². The van der Waals surface area contributed by atoms with Gasteiger partial charge in [-0.2, -0.15) is 10.4 Å². The number of benzene rings is 2. The Morgan fingerprint density at radius 2 is 1.82 bits per heavy atom. The summed E-state index contributed by atoms with van der Waals surface area (Å²) in [5.41, 5.74) is 4.57. The summed E-state index contributed by atoms with van der Waals surface area (Å²) in [6.45, 7) is 4.49. The van der Waals surface area contributed by atoms with Crippen LogP contribution in [0.2, 0.25) is 0 Å². The third-order valence-corrected chi connectivity index (χ3v) is 6.32. The molecule has 0 bridgehead atoms. The predicted molar refractivity (Wildman–Crippen MR) is 131 cm³/mol. The van der Waals surface area contributed by atoms with Crippen LogP contribution in [0.5, 0.6) is 5.75 Å². The zero-order valence-electron chi connectivity index (χ0n) is 19.4. The van der Waals surface area contributed by atoms with Crippen molar-refractivity contribution in [3.8, 4) is 23.1 Å². The lowest BCUT2D eigenvalue weighted by Gasteiger charge is -2.35. The highest BCUT2D eigenvalue weighted by Crippen LogP contribution is 2.27. The third kappa shape index (κ3) is 6.01. The van der Waals surface area contributed by atoms with Crippen LogP contribution < -0.4 is 10.1 Å². The molecule has 1 atom stereocenters. The summed E-state index contributed by atoms with van der Waals surface area (Å²) in [6.07, 6.45) is 6.38. The van der Waals surface area contributed by atoms with E-state index < -0.39 is 0 Å². The van der Waals surface area contributed by atoms with E-state index in [1.807, 2.05) is 22.9 Å². The fraction of sp³-hybridized carbons (Fsp3) is 0.407. The van der Waals surface area contributed by atoms with Gasteiger partial charge in [0.15, 0.2) is 0 Å². The molecule has 1 N–H and O–H groups in total. The summed E-state index contributed by atoms with van der Waals surface area (Å²) in [5, 5.41) is 17.5. The molecule has 172 valence electrons. The van der Waals surface area contributed by atoms with E-state index in [0.717, 1.165) is 48.7 Å². The number of nitriles is 1. The number of nitrogens with zero attached hydrogens (tertiary/aromatic N) is 4. The van der Waals surface area contributed by atoms with Gasteiger partial charge < -0.3 is 10.1 Å². The first kappa shape index (κ1) is 23.0. The maximum Gasteiger partial charge on any atom is 0.118 e. The van der Waals surface area contributed by atoms with Gasteiger partial charge in [-0.1, -0.05) is 48.9 Å². The van der Waals surface area contributed by atoms with Crippen LogP contribution in [-0.4, -0.2) is 41.4 Å². The minimum absolute atomic E-state index is 0.324. The Morgan fingerprint density at radius 3 is 2.52 bits per heavy atom. The van der Waals surface area contributed by atoms with E-state index in [1.165, 1.54) is 24.8 Å². The lowest BCUT2D eigenvalue weighted by molar-refractivity contribution is 0.160. The van der Waals surface area contributed by atoms with E-state index in [9.17, 15) is 0 Å². The molecule has 4 rings (SSSR count). The molecule has 1 aliphatic rings. The number of methoxy groups -OCH3 is 1. The number of hydrogen-bond acceptors (Lipinski definition) is 5. The van der Waals surface area contributed by atoms with Crippen molar-refractivity contribution < 1.29 is 4.74 Å². The molecule has 2 heterocycles. The fourth-order valence-electron chi connectivity index (χ4n) is 4.57. The van der Waals surface area contributed by atoms with Gasteiger partial charge in [-0.15, -0.1) is 0 Å².